The van der Waals surface area contributed by atoms with Gasteiger partial charge in [-0.05, 0) is 44.1 Å². The van der Waals surface area contributed by atoms with Gasteiger partial charge in [0.2, 0.25) is 5.95 Å². The number of aryl methyl sites for hydroxylation is 2. The van der Waals surface area contributed by atoms with Gasteiger partial charge in [0.25, 0.3) is 0 Å². The second-order valence-electron chi connectivity index (χ2n) is 5.00. The summed E-state index contributed by atoms with van der Waals surface area (Å²) in [5.74, 6) is 0.849. The number of hydrogen-bond acceptors (Lipinski definition) is 3. The summed E-state index contributed by atoms with van der Waals surface area (Å²) in [5, 5.41) is 3.38. The van der Waals surface area contributed by atoms with Gasteiger partial charge in [0, 0.05) is 17.9 Å². The molecule has 0 aliphatic heterocycles. The first-order chi connectivity index (χ1) is 7.92. The fourth-order valence-corrected chi connectivity index (χ4v) is 2.31. The van der Waals surface area contributed by atoms with E-state index < -0.39 is 0 Å². The molecule has 0 radical (unpaired) electrons. The standard InChI is InChI=1S/C13H19N3/c1-2-4-6-12-10(5-3-1)9-14-13(16-12)15-11-7-8-11/h9,11H,1-8H2,(H,14,15,16). The van der Waals surface area contributed by atoms with Crippen LogP contribution in [0.4, 0.5) is 5.95 Å². The molecule has 1 aromatic heterocycles. The molecule has 3 nitrogen and oxygen atoms in total. The van der Waals surface area contributed by atoms with Crippen molar-refractivity contribution in [1.29, 1.82) is 0 Å². The Morgan fingerprint density at radius 3 is 2.69 bits per heavy atom. The normalized spacial score (nSPS) is 20.8. The zero-order chi connectivity index (χ0) is 10.8. The van der Waals surface area contributed by atoms with Crippen molar-refractivity contribution in [1.82, 2.24) is 9.97 Å². The molecule has 3 rings (SSSR count). The molecule has 0 unspecified atom stereocenters. The minimum absolute atomic E-state index is 0.645. The van der Waals surface area contributed by atoms with Gasteiger partial charge in [-0.2, -0.15) is 0 Å². The molecule has 1 aromatic rings. The third-order valence-corrected chi connectivity index (χ3v) is 3.47. The third-order valence-electron chi connectivity index (χ3n) is 3.47. The molecule has 0 spiro atoms. The molecular weight excluding hydrogens is 198 g/mol. The summed E-state index contributed by atoms with van der Waals surface area (Å²) in [5.41, 5.74) is 2.67. The van der Waals surface area contributed by atoms with E-state index in [2.05, 4.69) is 15.3 Å². The van der Waals surface area contributed by atoms with E-state index in [4.69, 9.17) is 0 Å². The Kier molecular flexibility index (Phi) is 2.77. The summed E-state index contributed by atoms with van der Waals surface area (Å²) < 4.78 is 0. The SMILES string of the molecule is c1nc(NC2CC2)nc2c1CCCCCC2. The van der Waals surface area contributed by atoms with Gasteiger partial charge < -0.3 is 5.32 Å². The first kappa shape index (κ1) is 10.1. The lowest BCUT2D eigenvalue weighted by Gasteiger charge is -2.13. The molecule has 1 fully saturated rings. The molecule has 0 atom stereocenters. The van der Waals surface area contributed by atoms with Gasteiger partial charge in [0.05, 0.1) is 0 Å². The van der Waals surface area contributed by atoms with Gasteiger partial charge in [-0.1, -0.05) is 12.8 Å². The zero-order valence-corrected chi connectivity index (χ0v) is 9.71. The average Bonchev–Trinajstić information content (AvgIpc) is 3.04. The van der Waals surface area contributed by atoms with Crippen LogP contribution in [0.25, 0.3) is 0 Å². The highest BCUT2D eigenvalue weighted by Crippen LogP contribution is 2.24. The molecule has 0 amide bonds. The van der Waals surface area contributed by atoms with Gasteiger partial charge >= 0.3 is 0 Å². The number of anilines is 1. The van der Waals surface area contributed by atoms with Crippen LogP contribution in [0.5, 0.6) is 0 Å². The van der Waals surface area contributed by atoms with Crippen molar-refractivity contribution in [2.45, 2.75) is 57.4 Å². The van der Waals surface area contributed by atoms with Crippen molar-refractivity contribution < 1.29 is 0 Å². The minimum Gasteiger partial charge on any atom is -0.351 e. The van der Waals surface area contributed by atoms with Crippen molar-refractivity contribution in [2.24, 2.45) is 0 Å². The van der Waals surface area contributed by atoms with Crippen LogP contribution in [0.2, 0.25) is 0 Å². The van der Waals surface area contributed by atoms with Gasteiger partial charge in [-0.25, -0.2) is 9.97 Å². The lowest BCUT2D eigenvalue weighted by molar-refractivity contribution is 0.606. The average molecular weight is 217 g/mol. The van der Waals surface area contributed by atoms with Crippen LogP contribution in [0.1, 0.15) is 49.8 Å². The molecule has 2 aliphatic carbocycles. The van der Waals surface area contributed by atoms with E-state index in [1.807, 2.05) is 6.20 Å². The molecule has 0 aromatic carbocycles. The predicted molar refractivity (Wildman–Crippen MR) is 64.6 cm³/mol. The molecule has 1 heterocycles. The first-order valence-corrected chi connectivity index (χ1v) is 6.53. The van der Waals surface area contributed by atoms with E-state index in [9.17, 15) is 0 Å². The monoisotopic (exact) mass is 217 g/mol. The molecule has 0 saturated heterocycles. The summed E-state index contributed by atoms with van der Waals surface area (Å²) in [7, 11) is 0. The van der Waals surface area contributed by atoms with E-state index in [-0.39, 0.29) is 0 Å². The summed E-state index contributed by atoms with van der Waals surface area (Å²) >= 11 is 0. The molecular formula is C13H19N3. The van der Waals surface area contributed by atoms with Gasteiger partial charge in [0.15, 0.2) is 0 Å². The Morgan fingerprint density at radius 1 is 1.06 bits per heavy atom. The highest BCUT2D eigenvalue weighted by molar-refractivity contribution is 5.32. The second-order valence-corrected chi connectivity index (χ2v) is 5.00. The third kappa shape index (κ3) is 2.34. The van der Waals surface area contributed by atoms with E-state index in [0.717, 1.165) is 12.4 Å². The maximum Gasteiger partial charge on any atom is 0.223 e. The molecule has 16 heavy (non-hydrogen) atoms. The van der Waals surface area contributed by atoms with Crippen LogP contribution in [0.3, 0.4) is 0 Å². The lowest BCUT2D eigenvalue weighted by atomic mass is 9.98. The maximum absolute atomic E-state index is 4.67. The van der Waals surface area contributed by atoms with E-state index >= 15 is 0 Å². The van der Waals surface area contributed by atoms with E-state index in [1.54, 1.807) is 0 Å². The highest BCUT2D eigenvalue weighted by atomic mass is 15.1. The summed E-state index contributed by atoms with van der Waals surface area (Å²) in [6.45, 7) is 0. The van der Waals surface area contributed by atoms with Crippen LogP contribution in [0.15, 0.2) is 6.20 Å². The first-order valence-electron chi connectivity index (χ1n) is 6.53. The molecule has 3 heteroatoms. The zero-order valence-electron chi connectivity index (χ0n) is 9.71. The van der Waals surface area contributed by atoms with Gasteiger partial charge in [-0.15, -0.1) is 0 Å². The Morgan fingerprint density at radius 2 is 1.88 bits per heavy atom. The quantitative estimate of drug-likeness (QED) is 0.827. The number of nitrogens with zero attached hydrogens (tertiary/aromatic N) is 2. The van der Waals surface area contributed by atoms with Crippen molar-refractivity contribution >= 4 is 5.95 Å². The smallest absolute Gasteiger partial charge is 0.223 e. The number of aromatic nitrogens is 2. The van der Waals surface area contributed by atoms with Crippen LogP contribution in [0, 0.1) is 0 Å². The fourth-order valence-electron chi connectivity index (χ4n) is 2.31. The van der Waals surface area contributed by atoms with E-state index in [0.29, 0.717) is 6.04 Å². The molecule has 86 valence electrons. The Labute approximate surface area is 96.7 Å². The van der Waals surface area contributed by atoms with Crippen LogP contribution in [-0.2, 0) is 12.8 Å². The molecule has 1 saturated carbocycles. The number of fused-ring (bicyclic) bond motifs is 1. The van der Waals surface area contributed by atoms with Crippen molar-refractivity contribution in [3.8, 4) is 0 Å². The molecule has 2 aliphatic rings. The predicted octanol–water partition coefficient (Wildman–Crippen LogP) is 2.71. The van der Waals surface area contributed by atoms with Crippen molar-refractivity contribution in [3.05, 3.63) is 17.5 Å². The summed E-state index contributed by atoms with van der Waals surface area (Å²) in [6, 6.07) is 0.645. The van der Waals surface area contributed by atoms with Crippen molar-refractivity contribution in [3.63, 3.8) is 0 Å². The Hall–Kier alpha value is -1.12. The number of nitrogens with one attached hydrogen (secondary N) is 1. The van der Waals surface area contributed by atoms with Crippen LogP contribution >= 0.6 is 0 Å². The number of rotatable bonds is 2. The van der Waals surface area contributed by atoms with Crippen LogP contribution < -0.4 is 5.32 Å². The maximum atomic E-state index is 4.67. The highest BCUT2D eigenvalue weighted by Gasteiger charge is 2.22. The van der Waals surface area contributed by atoms with Crippen molar-refractivity contribution in [2.75, 3.05) is 5.32 Å². The molecule has 0 bridgehead atoms. The van der Waals surface area contributed by atoms with E-state index in [1.165, 1.54) is 56.2 Å². The Bertz CT molecular complexity index is 371. The summed E-state index contributed by atoms with van der Waals surface area (Å²) in [4.78, 5) is 9.10. The topological polar surface area (TPSA) is 37.8 Å². The summed E-state index contributed by atoms with van der Waals surface area (Å²) in [6.07, 6.45) is 12.2. The second kappa shape index (κ2) is 4.40. The van der Waals surface area contributed by atoms with Crippen LogP contribution in [-0.4, -0.2) is 16.0 Å². The Balaban J connectivity index is 1.79. The largest absolute Gasteiger partial charge is 0.351 e. The van der Waals surface area contributed by atoms with Gasteiger partial charge in [0.1, 0.15) is 0 Å². The van der Waals surface area contributed by atoms with Gasteiger partial charge in [-0.3, -0.25) is 0 Å². The fraction of sp³-hybridized carbons (Fsp3) is 0.692. The minimum atomic E-state index is 0.645. The lowest BCUT2D eigenvalue weighted by Crippen LogP contribution is -2.10. The number of hydrogen-bond donors (Lipinski definition) is 1. The molecule has 1 N–H and O–H groups in total.